The van der Waals surface area contributed by atoms with E-state index in [4.69, 9.17) is 11.6 Å². The lowest BCUT2D eigenvalue weighted by molar-refractivity contribution is -0.140. The summed E-state index contributed by atoms with van der Waals surface area (Å²) in [5, 5.41) is 3.36. The number of benzene rings is 4. The first kappa shape index (κ1) is 32.8. The van der Waals surface area contributed by atoms with Gasteiger partial charge in [-0.1, -0.05) is 96.9 Å². The maximum absolute atomic E-state index is 14.5. The van der Waals surface area contributed by atoms with Crippen molar-refractivity contribution in [3.05, 3.63) is 130 Å². The fourth-order valence-electron chi connectivity index (χ4n) is 4.90. The molecule has 0 heterocycles. The van der Waals surface area contributed by atoms with Gasteiger partial charge in [0.2, 0.25) is 11.8 Å². The van der Waals surface area contributed by atoms with E-state index in [9.17, 15) is 18.0 Å². The molecule has 0 saturated carbocycles. The minimum Gasteiger partial charge on any atom is -0.354 e. The third-order valence-corrected chi connectivity index (χ3v) is 9.38. The van der Waals surface area contributed by atoms with Crippen LogP contribution in [-0.4, -0.2) is 44.3 Å². The standard InChI is InChI=1S/C35H38ClN3O4S/c1-4-22-37-35(41)33(23-28-11-6-5-7-12-28)38(24-29-16-14-26(2)15-17-29)34(40)25-39(32-13-9-8-10-27(32)3)44(42,43)31-20-18-30(36)19-21-31/h5-21,33H,4,22-25H2,1-3H3,(H,37,41). The predicted octanol–water partition coefficient (Wildman–Crippen LogP) is 6.32. The number of nitrogens with one attached hydrogen (secondary N) is 1. The predicted molar refractivity (Wildman–Crippen MR) is 176 cm³/mol. The number of hydrogen-bond acceptors (Lipinski definition) is 4. The molecule has 0 saturated heterocycles. The smallest absolute Gasteiger partial charge is 0.264 e. The fourth-order valence-corrected chi connectivity index (χ4v) is 6.51. The first-order valence-electron chi connectivity index (χ1n) is 14.6. The van der Waals surface area contributed by atoms with E-state index in [1.54, 1.807) is 25.1 Å². The van der Waals surface area contributed by atoms with Crippen molar-refractivity contribution in [1.29, 1.82) is 0 Å². The summed E-state index contributed by atoms with van der Waals surface area (Å²) in [5.74, 6) is -0.793. The van der Waals surface area contributed by atoms with Crippen LogP contribution in [0.25, 0.3) is 0 Å². The van der Waals surface area contributed by atoms with Crippen LogP contribution < -0.4 is 9.62 Å². The highest BCUT2D eigenvalue weighted by Gasteiger charge is 2.35. The van der Waals surface area contributed by atoms with Crippen molar-refractivity contribution in [1.82, 2.24) is 10.2 Å². The number of anilines is 1. The van der Waals surface area contributed by atoms with Crippen molar-refractivity contribution in [3.63, 3.8) is 0 Å². The Morgan fingerprint density at radius 3 is 2.09 bits per heavy atom. The van der Waals surface area contributed by atoms with Crippen molar-refractivity contribution in [2.24, 2.45) is 0 Å². The zero-order valence-electron chi connectivity index (χ0n) is 25.2. The maximum Gasteiger partial charge on any atom is 0.264 e. The van der Waals surface area contributed by atoms with Crippen LogP contribution in [-0.2, 0) is 32.6 Å². The molecule has 1 atom stereocenters. The number of carbonyl (C=O) groups excluding carboxylic acids is 2. The van der Waals surface area contributed by atoms with Crippen LogP contribution >= 0.6 is 11.6 Å². The summed E-state index contributed by atoms with van der Waals surface area (Å²) in [6, 6.07) is 29.2. The first-order chi connectivity index (χ1) is 21.1. The largest absolute Gasteiger partial charge is 0.354 e. The number of rotatable bonds is 13. The van der Waals surface area contributed by atoms with Gasteiger partial charge in [0.25, 0.3) is 10.0 Å². The summed E-state index contributed by atoms with van der Waals surface area (Å²) in [4.78, 5) is 29.7. The van der Waals surface area contributed by atoms with Crippen LogP contribution in [0.3, 0.4) is 0 Å². The zero-order chi connectivity index (χ0) is 31.7. The van der Waals surface area contributed by atoms with E-state index in [-0.39, 0.29) is 23.8 Å². The summed E-state index contributed by atoms with van der Waals surface area (Å²) in [7, 11) is -4.19. The van der Waals surface area contributed by atoms with Crippen LogP contribution in [0.5, 0.6) is 0 Å². The van der Waals surface area contributed by atoms with E-state index in [0.717, 1.165) is 27.4 Å². The van der Waals surface area contributed by atoms with Gasteiger partial charge in [0.15, 0.2) is 0 Å². The lowest BCUT2D eigenvalue weighted by Crippen LogP contribution is -2.53. The summed E-state index contributed by atoms with van der Waals surface area (Å²) in [5.41, 5.74) is 3.84. The van der Waals surface area contributed by atoms with Crippen LogP contribution in [0, 0.1) is 13.8 Å². The van der Waals surface area contributed by atoms with Crippen molar-refractivity contribution in [2.75, 3.05) is 17.4 Å². The Morgan fingerprint density at radius 2 is 1.45 bits per heavy atom. The van der Waals surface area contributed by atoms with E-state index in [2.05, 4.69) is 5.32 Å². The highest BCUT2D eigenvalue weighted by atomic mass is 35.5. The summed E-state index contributed by atoms with van der Waals surface area (Å²) in [6.45, 7) is 5.81. The molecule has 7 nitrogen and oxygen atoms in total. The third-order valence-electron chi connectivity index (χ3n) is 7.36. The number of sulfonamides is 1. The second-order valence-electron chi connectivity index (χ2n) is 10.8. The molecule has 4 aromatic carbocycles. The minimum absolute atomic E-state index is 0.00422. The van der Waals surface area contributed by atoms with E-state index >= 15 is 0 Å². The molecule has 230 valence electrons. The zero-order valence-corrected chi connectivity index (χ0v) is 26.8. The Kier molecular flexibility index (Phi) is 11.2. The number of halogens is 1. The van der Waals surface area contributed by atoms with Gasteiger partial charge in [-0.3, -0.25) is 13.9 Å². The minimum atomic E-state index is -4.19. The molecule has 4 rings (SSSR count). The molecule has 1 N–H and O–H groups in total. The molecule has 0 aliphatic carbocycles. The quantitative estimate of drug-likeness (QED) is 0.187. The average Bonchev–Trinajstić information content (AvgIpc) is 3.02. The number of hydrogen-bond donors (Lipinski definition) is 1. The molecule has 9 heteroatoms. The average molecular weight is 632 g/mol. The van der Waals surface area contributed by atoms with Gasteiger partial charge in [-0.25, -0.2) is 8.42 Å². The molecule has 4 aromatic rings. The van der Waals surface area contributed by atoms with Crippen molar-refractivity contribution in [3.8, 4) is 0 Å². The monoisotopic (exact) mass is 631 g/mol. The van der Waals surface area contributed by atoms with Crippen LogP contribution in [0.1, 0.15) is 35.6 Å². The van der Waals surface area contributed by atoms with Gasteiger partial charge >= 0.3 is 0 Å². The molecular formula is C35H38ClN3O4S. The van der Waals surface area contributed by atoms with E-state index in [1.807, 2.05) is 74.5 Å². The maximum atomic E-state index is 14.5. The van der Waals surface area contributed by atoms with Gasteiger partial charge in [-0.2, -0.15) is 0 Å². The Balaban J connectivity index is 1.80. The SMILES string of the molecule is CCCNC(=O)C(Cc1ccccc1)N(Cc1ccc(C)cc1)C(=O)CN(c1ccccc1C)S(=O)(=O)c1ccc(Cl)cc1. The normalized spacial score (nSPS) is 11.9. The molecule has 0 aromatic heterocycles. The van der Waals surface area contributed by atoms with Crippen LogP contribution in [0.4, 0.5) is 5.69 Å². The van der Waals surface area contributed by atoms with Crippen LogP contribution in [0.15, 0.2) is 108 Å². The fraction of sp³-hybridized carbons (Fsp3) is 0.257. The lowest BCUT2D eigenvalue weighted by Gasteiger charge is -2.34. The van der Waals surface area contributed by atoms with Gasteiger partial charge in [-0.05, 0) is 67.3 Å². The summed E-state index contributed by atoms with van der Waals surface area (Å²) >= 11 is 6.06. The Hall–Kier alpha value is -4.14. The molecule has 44 heavy (non-hydrogen) atoms. The highest BCUT2D eigenvalue weighted by molar-refractivity contribution is 7.92. The van der Waals surface area contributed by atoms with Crippen molar-refractivity contribution >= 4 is 39.1 Å². The number of carbonyl (C=O) groups is 2. The lowest BCUT2D eigenvalue weighted by atomic mass is 10.0. The van der Waals surface area contributed by atoms with Crippen molar-refractivity contribution in [2.45, 2.75) is 51.1 Å². The molecule has 1 unspecified atom stereocenters. The van der Waals surface area contributed by atoms with Gasteiger partial charge in [0.05, 0.1) is 10.6 Å². The van der Waals surface area contributed by atoms with Gasteiger partial charge < -0.3 is 10.2 Å². The Morgan fingerprint density at radius 1 is 0.818 bits per heavy atom. The molecular weight excluding hydrogens is 594 g/mol. The topological polar surface area (TPSA) is 86.8 Å². The first-order valence-corrected chi connectivity index (χ1v) is 16.4. The summed E-state index contributed by atoms with van der Waals surface area (Å²) < 4.78 is 29.4. The highest BCUT2D eigenvalue weighted by Crippen LogP contribution is 2.28. The number of nitrogens with zero attached hydrogens (tertiary/aromatic N) is 2. The Bertz CT molecular complexity index is 1660. The number of aryl methyl sites for hydroxylation is 2. The third kappa shape index (κ3) is 8.27. The molecule has 0 aliphatic rings. The summed E-state index contributed by atoms with van der Waals surface area (Å²) in [6.07, 6.45) is 0.998. The molecule has 0 bridgehead atoms. The number of amides is 2. The molecule has 0 fully saturated rings. The molecule has 0 aliphatic heterocycles. The van der Waals surface area contributed by atoms with Gasteiger partial charge in [0.1, 0.15) is 12.6 Å². The van der Waals surface area contributed by atoms with Crippen molar-refractivity contribution < 1.29 is 18.0 Å². The van der Waals surface area contributed by atoms with Crippen LogP contribution in [0.2, 0.25) is 5.02 Å². The van der Waals surface area contributed by atoms with E-state index in [1.165, 1.54) is 29.2 Å². The Labute approximate surface area is 265 Å². The molecule has 2 amide bonds. The second kappa shape index (κ2) is 15.0. The molecule has 0 radical (unpaired) electrons. The van der Waals surface area contributed by atoms with Gasteiger partial charge in [0, 0.05) is 24.5 Å². The molecule has 0 spiro atoms. The van der Waals surface area contributed by atoms with E-state index < -0.39 is 28.5 Å². The van der Waals surface area contributed by atoms with E-state index in [0.29, 0.717) is 22.8 Å². The van der Waals surface area contributed by atoms with Gasteiger partial charge in [-0.15, -0.1) is 0 Å². The number of para-hydroxylation sites is 1. The second-order valence-corrected chi connectivity index (χ2v) is 13.1.